The average molecular weight is 314 g/mol. The number of hydrogen-bond donors (Lipinski definition) is 1. The smallest absolute Gasteiger partial charge is 0.223 e. The lowest BCUT2D eigenvalue weighted by Crippen LogP contribution is -2.37. The van der Waals surface area contributed by atoms with Gasteiger partial charge in [-0.2, -0.15) is 5.10 Å². The topological polar surface area (TPSA) is 71.1 Å². The third kappa shape index (κ3) is 4.63. The second kappa shape index (κ2) is 7.87. The maximum absolute atomic E-state index is 12.6. The Kier molecular flexibility index (Phi) is 5.37. The Bertz CT molecular complexity index is 594. The van der Waals surface area contributed by atoms with E-state index in [0.717, 1.165) is 30.7 Å². The molecule has 1 amide bonds. The highest BCUT2D eigenvalue weighted by Crippen LogP contribution is 2.16. The molecule has 0 saturated carbocycles. The first-order chi connectivity index (χ1) is 11.3. The van der Waals surface area contributed by atoms with E-state index in [1.54, 1.807) is 12.4 Å². The third-order valence-electron chi connectivity index (χ3n) is 4.06. The molecule has 1 aliphatic rings. The molecule has 1 N–H and O–H groups in total. The lowest BCUT2D eigenvalue weighted by Gasteiger charge is -2.25. The van der Waals surface area contributed by atoms with Crippen LogP contribution in [0.25, 0.3) is 0 Å². The van der Waals surface area contributed by atoms with Crippen LogP contribution in [-0.2, 0) is 22.5 Å². The van der Waals surface area contributed by atoms with Gasteiger partial charge in [-0.05, 0) is 37.0 Å². The van der Waals surface area contributed by atoms with Gasteiger partial charge in [-0.1, -0.05) is 6.07 Å². The summed E-state index contributed by atoms with van der Waals surface area (Å²) in [6.45, 7) is 1.97. The zero-order chi connectivity index (χ0) is 15.9. The normalized spacial score (nSPS) is 17.3. The summed E-state index contributed by atoms with van der Waals surface area (Å²) < 4.78 is 5.69. The molecule has 0 radical (unpaired) electrons. The van der Waals surface area contributed by atoms with Crippen LogP contribution in [0.4, 0.5) is 0 Å². The Morgan fingerprint density at radius 2 is 2.39 bits per heavy atom. The second-order valence-corrected chi connectivity index (χ2v) is 5.84. The molecule has 1 unspecified atom stereocenters. The molecule has 122 valence electrons. The van der Waals surface area contributed by atoms with Crippen LogP contribution >= 0.6 is 0 Å². The Balaban J connectivity index is 1.61. The van der Waals surface area contributed by atoms with Gasteiger partial charge in [0.05, 0.1) is 24.5 Å². The van der Waals surface area contributed by atoms with Gasteiger partial charge in [0, 0.05) is 32.0 Å². The van der Waals surface area contributed by atoms with E-state index in [9.17, 15) is 4.79 Å². The molecule has 3 rings (SSSR count). The summed E-state index contributed by atoms with van der Waals surface area (Å²) in [5.41, 5.74) is 1.95. The van der Waals surface area contributed by atoms with Crippen LogP contribution in [0.15, 0.2) is 36.8 Å². The predicted octanol–water partition coefficient (Wildman–Crippen LogP) is 1.95. The average Bonchev–Trinajstić information content (AvgIpc) is 3.26. The van der Waals surface area contributed by atoms with E-state index in [0.29, 0.717) is 25.9 Å². The summed E-state index contributed by atoms with van der Waals surface area (Å²) in [6.07, 6.45) is 8.76. The Morgan fingerprint density at radius 3 is 3.09 bits per heavy atom. The maximum atomic E-state index is 12.6. The lowest BCUT2D eigenvalue weighted by molar-refractivity contribution is -0.133. The summed E-state index contributed by atoms with van der Waals surface area (Å²) in [5.74, 6) is 0.132. The third-order valence-corrected chi connectivity index (χ3v) is 4.06. The maximum Gasteiger partial charge on any atom is 0.223 e. The molecule has 2 aromatic heterocycles. The highest BCUT2D eigenvalue weighted by molar-refractivity contribution is 5.76. The van der Waals surface area contributed by atoms with Gasteiger partial charge in [0.15, 0.2) is 0 Å². The molecule has 1 saturated heterocycles. The minimum atomic E-state index is 0.132. The summed E-state index contributed by atoms with van der Waals surface area (Å²) in [4.78, 5) is 18.9. The van der Waals surface area contributed by atoms with Gasteiger partial charge in [0.25, 0.3) is 0 Å². The molecule has 1 aliphatic heterocycles. The second-order valence-electron chi connectivity index (χ2n) is 5.84. The molecule has 0 spiro atoms. The van der Waals surface area contributed by atoms with Gasteiger partial charge in [-0.3, -0.25) is 14.9 Å². The number of nitrogens with one attached hydrogen (secondary N) is 1. The van der Waals surface area contributed by atoms with E-state index in [-0.39, 0.29) is 12.0 Å². The van der Waals surface area contributed by atoms with E-state index >= 15 is 0 Å². The number of ether oxygens (including phenoxy) is 1. The van der Waals surface area contributed by atoms with Crippen molar-refractivity contribution in [1.82, 2.24) is 20.1 Å². The number of rotatable bonds is 7. The number of H-pyrrole nitrogens is 1. The molecule has 23 heavy (non-hydrogen) atoms. The minimum absolute atomic E-state index is 0.132. The fraction of sp³-hybridized carbons (Fsp3) is 0.471. The first-order valence-electron chi connectivity index (χ1n) is 8.08. The SMILES string of the molecule is O=C(CCc1cn[nH]c1)N(Cc1ccccn1)CC1CCCO1. The van der Waals surface area contributed by atoms with Gasteiger partial charge in [0.1, 0.15) is 0 Å². The number of hydrogen-bond acceptors (Lipinski definition) is 4. The minimum Gasteiger partial charge on any atom is -0.376 e. The van der Waals surface area contributed by atoms with Gasteiger partial charge in [0.2, 0.25) is 5.91 Å². The number of amides is 1. The van der Waals surface area contributed by atoms with Crippen molar-refractivity contribution in [3.8, 4) is 0 Å². The molecule has 1 fully saturated rings. The van der Waals surface area contributed by atoms with E-state index in [1.165, 1.54) is 0 Å². The summed E-state index contributed by atoms with van der Waals surface area (Å²) >= 11 is 0. The predicted molar refractivity (Wildman–Crippen MR) is 85.5 cm³/mol. The number of nitrogens with zero attached hydrogens (tertiary/aromatic N) is 3. The van der Waals surface area contributed by atoms with Crippen LogP contribution in [0.5, 0.6) is 0 Å². The van der Waals surface area contributed by atoms with Crippen LogP contribution in [0, 0.1) is 0 Å². The van der Waals surface area contributed by atoms with Gasteiger partial charge in [-0.15, -0.1) is 0 Å². The molecule has 1 atom stereocenters. The van der Waals surface area contributed by atoms with Gasteiger partial charge >= 0.3 is 0 Å². The number of aromatic amines is 1. The van der Waals surface area contributed by atoms with Crippen molar-refractivity contribution in [2.24, 2.45) is 0 Å². The molecule has 0 bridgehead atoms. The quantitative estimate of drug-likeness (QED) is 0.848. The van der Waals surface area contributed by atoms with E-state index in [2.05, 4.69) is 15.2 Å². The summed E-state index contributed by atoms with van der Waals surface area (Å²) in [7, 11) is 0. The van der Waals surface area contributed by atoms with Gasteiger partial charge < -0.3 is 9.64 Å². The fourth-order valence-corrected chi connectivity index (χ4v) is 2.80. The zero-order valence-corrected chi connectivity index (χ0v) is 13.1. The van der Waals surface area contributed by atoms with Gasteiger partial charge in [-0.25, -0.2) is 0 Å². The van der Waals surface area contributed by atoms with Crippen LogP contribution < -0.4 is 0 Å². The summed E-state index contributed by atoms with van der Waals surface area (Å²) in [6, 6.07) is 5.78. The Labute approximate surface area is 135 Å². The molecule has 2 aromatic rings. The number of carbonyl (C=O) groups excluding carboxylic acids is 1. The number of aryl methyl sites for hydroxylation is 1. The van der Waals surface area contributed by atoms with Crippen molar-refractivity contribution >= 4 is 5.91 Å². The van der Waals surface area contributed by atoms with E-state index in [4.69, 9.17) is 4.74 Å². The fourth-order valence-electron chi connectivity index (χ4n) is 2.80. The van der Waals surface area contributed by atoms with Crippen molar-refractivity contribution in [3.63, 3.8) is 0 Å². The van der Waals surface area contributed by atoms with Crippen LogP contribution in [0.2, 0.25) is 0 Å². The van der Waals surface area contributed by atoms with Crippen molar-refractivity contribution < 1.29 is 9.53 Å². The Morgan fingerprint density at radius 1 is 1.43 bits per heavy atom. The standard InChI is InChI=1S/C17H22N4O2/c22-17(7-6-14-10-19-20-11-14)21(13-16-5-3-9-23-16)12-15-4-1-2-8-18-15/h1-2,4,8,10-11,16H,3,5-7,9,12-13H2,(H,19,20). The Hall–Kier alpha value is -2.21. The zero-order valence-electron chi connectivity index (χ0n) is 13.1. The first kappa shape index (κ1) is 15.7. The molecular weight excluding hydrogens is 292 g/mol. The summed E-state index contributed by atoms with van der Waals surface area (Å²) in [5, 5.41) is 6.69. The molecule has 6 heteroatoms. The molecule has 3 heterocycles. The molecular formula is C17H22N4O2. The number of aromatic nitrogens is 3. The molecule has 6 nitrogen and oxygen atoms in total. The van der Waals surface area contributed by atoms with Crippen LogP contribution in [-0.4, -0.2) is 45.2 Å². The van der Waals surface area contributed by atoms with Crippen molar-refractivity contribution in [1.29, 1.82) is 0 Å². The lowest BCUT2D eigenvalue weighted by atomic mass is 10.1. The van der Waals surface area contributed by atoms with Crippen molar-refractivity contribution in [2.45, 2.75) is 38.3 Å². The van der Waals surface area contributed by atoms with E-state index in [1.807, 2.05) is 29.3 Å². The highest BCUT2D eigenvalue weighted by Gasteiger charge is 2.23. The van der Waals surface area contributed by atoms with Crippen LogP contribution in [0.3, 0.4) is 0 Å². The number of carbonyl (C=O) groups is 1. The first-order valence-corrected chi connectivity index (χ1v) is 8.08. The molecule has 0 aromatic carbocycles. The van der Waals surface area contributed by atoms with Crippen LogP contribution in [0.1, 0.15) is 30.5 Å². The molecule has 0 aliphatic carbocycles. The monoisotopic (exact) mass is 314 g/mol. The largest absolute Gasteiger partial charge is 0.376 e. The number of pyridine rings is 1. The van der Waals surface area contributed by atoms with Crippen molar-refractivity contribution in [2.75, 3.05) is 13.2 Å². The van der Waals surface area contributed by atoms with Crippen molar-refractivity contribution in [3.05, 3.63) is 48.0 Å². The highest BCUT2D eigenvalue weighted by atomic mass is 16.5. The van der Waals surface area contributed by atoms with E-state index < -0.39 is 0 Å².